The van der Waals surface area contributed by atoms with Crippen molar-refractivity contribution in [1.29, 1.82) is 0 Å². The summed E-state index contributed by atoms with van der Waals surface area (Å²) in [6.45, 7) is 6.43. The van der Waals surface area contributed by atoms with E-state index < -0.39 is 5.97 Å². The molecule has 17 heavy (non-hydrogen) atoms. The van der Waals surface area contributed by atoms with Gasteiger partial charge in [0.05, 0.1) is 10.6 Å². The van der Waals surface area contributed by atoms with Crippen molar-refractivity contribution in [3.05, 3.63) is 28.8 Å². The normalized spacial score (nSPS) is 16.1. The molecular formula is C13H16ClNO2. The maximum atomic E-state index is 11.0. The maximum Gasteiger partial charge on any atom is 0.337 e. The number of hydrogen-bond acceptors (Lipinski definition) is 2. The molecule has 1 aromatic rings. The molecule has 2 rings (SSSR count). The van der Waals surface area contributed by atoms with E-state index in [1.54, 1.807) is 12.1 Å². The molecular weight excluding hydrogens is 238 g/mol. The first-order valence-electron chi connectivity index (χ1n) is 5.77. The van der Waals surface area contributed by atoms with Crippen molar-refractivity contribution < 1.29 is 9.90 Å². The second-order valence-electron chi connectivity index (χ2n) is 4.88. The molecule has 0 atom stereocenters. The zero-order valence-electron chi connectivity index (χ0n) is 9.98. The van der Waals surface area contributed by atoms with Crippen molar-refractivity contribution in [2.45, 2.75) is 13.8 Å². The van der Waals surface area contributed by atoms with E-state index in [-0.39, 0.29) is 5.56 Å². The highest BCUT2D eigenvalue weighted by molar-refractivity contribution is 6.33. The number of benzene rings is 1. The summed E-state index contributed by atoms with van der Waals surface area (Å²) in [5.41, 5.74) is 1.13. The van der Waals surface area contributed by atoms with Gasteiger partial charge in [-0.05, 0) is 30.0 Å². The molecule has 0 radical (unpaired) electrons. The zero-order chi connectivity index (χ0) is 12.6. The molecule has 0 aromatic heterocycles. The Kier molecular flexibility index (Phi) is 3.29. The summed E-state index contributed by atoms with van der Waals surface area (Å²) in [5.74, 6) is 0.411. The summed E-state index contributed by atoms with van der Waals surface area (Å²) >= 11 is 5.84. The van der Waals surface area contributed by atoms with Crippen LogP contribution in [0.5, 0.6) is 0 Å². The Morgan fingerprint density at radius 1 is 1.47 bits per heavy atom. The Bertz CT molecular complexity index is 439. The van der Waals surface area contributed by atoms with Crippen LogP contribution in [0.3, 0.4) is 0 Å². The summed E-state index contributed by atoms with van der Waals surface area (Å²) < 4.78 is 0. The van der Waals surface area contributed by atoms with E-state index in [9.17, 15) is 4.79 Å². The molecule has 1 heterocycles. The third-order valence-electron chi connectivity index (χ3n) is 3.40. The smallest absolute Gasteiger partial charge is 0.337 e. The molecule has 1 aliphatic heterocycles. The Labute approximate surface area is 106 Å². The van der Waals surface area contributed by atoms with Gasteiger partial charge < -0.3 is 10.0 Å². The van der Waals surface area contributed by atoms with Crippen LogP contribution in [0.4, 0.5) is 5.69 Å². The minimum absolute atomic E-state index is 0.178. The largest absolute Gasteiger partial charge is 0.478 e. The Morgan fingerprint density at radius 3 is 2.65 bits per heavy atom. The summed E-state index contributed by atoms with van der Waals surface area (Å²) in [6.07, 6.45) is 0. The van der Waals surface area contributed by atoms with Crippen LogP contribution in [0.2, 0.25) is 5.02 Å². The van der Waals surface area contributed by atoms with Gasteiger partial charge in [0, 0.05) is 18.8 Å². The lowest BCUT2D eigenvalue weighted by Crippen LogP contribution is -2.49. The number of aromatic carboxylic acids is 1. The van der Waals surface area contributed by atoms with E-state index in [0.717, 1.165) is 18.8 Å². The van der Waals surface area contributed by atoms with Crippen LogP contribution in [-0.2, 0) is 0 Å². The SMILES string of the molecule is CC(C)C1CN(c2ccc(Cl)c(C(=O)O)c2)C1. The van der Waals surface area contributed by atoms with Crippen LogP contribution in [0.15, 0.2) is 18.2 Å². The van der Waals surface area contributed by atoms with Crippen molar-refractivity contribution in [2.75, 3.05) is 18.0 Å². The molecule has 0 amide bonds. The highest BCUT2D eigenvalue weighted by Gasteiger charge is 2.29. The van der Waals surface area contributed by atoms with Gasteiger partial charge in [-0.15, -0.1) is 0 Å². The van der Waals surface area contributed by atoms with Gasteiger partial charge in [0.2, 0.25) is 0 Å². The van der Waals surface area contributed by atoms with E-state index in [0.29, 0.717) is 16.9 Å². The van der Waals surface area contributed by atoms with Gasteiger partial charge in [0.1, 0.15) is 0 Å². The van der Waals surface area contributed by atoms with Crippen molar-refractivity contribution in [3.8, 4) is 0 Å². The summed E-state index contributed by atoms with van der Waals surface area (Å²) in [7, 11) is 0. The molecule has 1 aromatic carbocycles. The van der Waals surface area contributed by atoms with Crippen LogP contribution in [-0.4, -0.2) is 24.2 Å². The van der Waals surface area contributed by atoms with E-state index in [1.807, 2.05) is 6.07 Å². The Morgan fingerprint density at radius 2 is 2.12 bits per heavy atom. The van der Waals surface area contributed by atoms with Crippen LogP contribution in [0.25, 0.3) is 0 Å². The second kappa shape index (κ2) is 4.57. The molecule has 1 fully saturated rings. The number of carboxylic acid groups (broad SMARTS) is 1. The molecule has 1 saturated heterocycles. The number of anilines is 1. The van der Waals surface area contributed by atoms with Gasteiger partial charge in [0.15, 0.2) is 0 Å². The third-order valence-corrected chi connectivity index (χ3v) is 3.73. The fourth-order valence-electron chi connectivity index (χ4n) is 2.02. The molecule has 0 spiro atoms. The van der Waals surface area contributed by atoms with E-state index >= 15 is 0 Å². The standard InChI is InChI=1S/C13H16ClNO2/c1-8(2)9-6-15(7-9)10-3-4-12(14)11(5-10)13(16)17/h3-5,8-9H,6-7H2,1-2H3,(H,16,17). The lowest BCUT2D eigenvalue weighted by atomic mass is 9.88. The maximum absolute atomic E-state index is 11.0. The number of carboxylic acids is 1. The fraction of sp³-hybridized carbons (Fsp3) is 0.462. The van der Waals surface area contributed by atoms with Crippen LogP contribution < -0.4 is 4.90 Å². The lowest BCUT2D eigenvalue weighted by molar-refractivity contribution is 0.0697. The third kappa shape index (κ3) is 2.39. The average molecular weight is 254 g/mol. The highest BCUT2D eigenvalue weighted by Crippen LogP contribution is 2.31. The van der Waals surface area contributed by atoms with Gasteiger partial charge in [-0.1, -0.05) is 25.4 Å². The van der Waals surface area contributed by atoms with Gasteiger partial charge in [-0.2, -0.15) is 0 Å². The quantitative estimate of drug-likeness (QED) is 0.900. The predicted octanol–water partition coefficient (Wildman–Crippen LogP) is 3.13. The number of hydrogen-bond donors (Lipinski definition) is 1. The van der Waals surface area contributed by atoms with E-state index in [2.05, 4.69) is 18.7 Å². The minimum Gasteiger partial charge on any atom is -0.478 e. The monoisotopic (exact) mass is 253 g/mol. The molecule has 1 N–H and O–H groups in total. The lowest BCUT2D eigenvalue weighted by Gasteiger charge is -2.43. The zero-order valence-corrected chi connectivity index (χ0v) is 10.7. The number of carbonyl (C=O) groups is 1. The Balaban J connectivity index is 2.14. The van der Waals surface area contributed by atoms with Crippen molar-refractivity contribution >= 4 is 23.3 Å². The van der Waals surface area contributed by atoms with Crippen molar-refractivity contribution in [3.63, 3.8) is 0 Å². The molecule has 0 bridgehead atoms. The minimum atomic E-state index is -0.974. The predicted molar refractivity (Wildman–Crippen MR) is 69.0 cm³/mol. The second-order valence-corrected chi connectivity index (χ2v) is 5.29. The summed E-state index contributed by atoms with van der Waals surface area (Å²) in [5, 5.41) is 9.29. The average Bonchev–Trinajstić information content (AvgIpc) is 2.17. The Hall–Kier alpha value is -1.22. The first kappa shape index (κ1) is 12.2. The molecule has 4 heteroatoms. The summed E-state index contributed by atoms with van der Waals surface area (Å²) in [4.78, 5) is 13.2. The van der Waals surface area contributed by atoms with Crippen molar-refractivity contribution in [1.82, 2.24) is 0 Å². The topological polar surface area (TPSA) is 40.5 Å². The molecule has 92 valence electrons. The number of rotatable bonds is 3. The van der Waals surface area contributed by atoms with Gasteiger partial charge in [0.25, 0.3) is 0 Å². The summed E-state index contributed by atoms with van der Waals surface area (Å²) in [6, 6.07) is 5.19. The van der Waals surface area contributed by atoms with Gasteiger partial charge >= 0.3 is 5.97 Å². The molecule has 3 nitrogen and oxygen atoms in total. The van der Waals surface area contributed by atoms with Crippen LogP contribution in [0, 0.1) is 11.8 Å². The first-order chi connectivity index (χ1) is 7.99. The molecule has 0 saturated carbocycles. The highest BCUT2D eigenvalue weighted by atomic mass is 35.5. The number of nitrogens with zero attached hydrogens (tertiary/aromatic N) is 1. The van der Waals surface area contributed by atoms with E-state index in [1.165, 1.54) is 0 Å². The molecule has 1 aliphatic rings. The van der Waals surface area contributed by atoms with Gasteiger partial charge in [-0.3, -0.25) is 0 Å². The van der Waals surface area contributed by atoms with E-state index in [4.69, 9.17) is 16.7 Å². The first-order valence-corrected chi connectivity index (χ1v) is 6.14. The molecule has 0 unspecified atom stereocenters. The van der Waals surface area contributed by atoms with Gasteiger partial charge in [-0.25, -0.2) is 4.79 Å². The van der Waals surface area contributed by atoms with Crippen LogP contribution >= 0.6 is 11.6 Å². The van der Waals surface area contributed by atoms with Crippen molar-refractivity contribution in [2.24, 2.45) is 11.8 Å². The van der Waals surface area contributed by atoms with Crippen LogP contribution in [0.1, 0.15) is 24.2 Å². The number of halogens is 1. The fourth-order valence-corrected chi connectivity index (χ4v) is 2.22. The molecule has 0 aliphatic carbocycles.